The van der Waals surface area contributed by atoms with Crippen molar-refractivity contribution >= 4 is 11.8 Å². The Kier molecular flexibility index (Phi) is 3.99. The molecule has 2 atom stereocenters. The van der Waals surface area contributed by atoms with Gasteiger partial charge in [0.25, 0.3) is 0 Å². The molecule has 2 unspecified atom stereocenters. The summed E-state index contributed by atoms with van der Waals surface area (Å²) in [6.07, 6.45) is 0. The van der Waals surface area contributed by atoms with E-state index in [1.807, 2.05) is 25.6 Å². The quantitative estimate of drug-likeness (QED) is 0.899. The molecule has 2 heterocycles. The summed E-state index contributed by atoms with van der Waals surface area (Å²) in [5.74, 6) is 1.24. The second-order valence-corrected chi connectivity index (χ2v) is 7.57. The van der Waals surface area contributed by atoms with Crippen LogP contribution in [0.25, 0.3) is 0 Å². The number of hydrogen-bond acceptors (Lipinski definition) is 6. The molecule has 6 heteroatoms. The van der Waals surface area contributed by atoms with Crippen LogP contribution in [0.15, 0.2) is 4.52 Å². The Labute approximate surface area is 112 Å². The first-order valence-corrected chi connectivity index (χ1v) is 7.28. The largest absolute Gasteiger partial charge is 0.338 e. The maximum Gasteiger partial charge on any atom is 0.240 e. The van der Waals surface area contributed by atoms with Crippen molar-refractivity contribution in [2.75, 3.05) is 13.1 Å². The Morgan fingerprint density at radius 2 is 2.00 bits per heavy atom. The molecule has 1 aromatic rings. The van der Waals surface area contributed by atoms with E-state index in [1.54, 1.807) is 0 Å². The van der Waals surface area contributed by atoms with E-state index >= 15 is 0 Å². The summed E-state index contributed by atoms with van der Waals surface area (Å²) in [7, 11) is 0. The predicted octanol–water partition coefficient (Wildman–Crippen LogP) is 1.59. The van der Waals surface area contributed by atoms with Gasteiger partial charge in [0.2, 0.25) is 5.89 Å². The molecule has 5 nitrogen and oxygen atoms in total. The molecule has 0 aromatic carbocycles. The van der Waals surface area contributed by atoms with Crippen molar-refractivity contribution < 1.29 is 4.52 Å². The molecule has 0 saturated carbocycles. The first kappa shape index (κ1) is 13.8. The first-order chi connectivity index (χ1) is 8.34. The van der Waals surface area contributed by atoms with Crippen LogP contribution in [0, 0.1) is 0 Å². The molecule has 0 aliphatic carbocycles. The van der Waals surface area contributed by atoms with Gasteiger partial charge < -0.3 is 10.3 Å². The van der Waals surface area contributed by atoms with Crippen LogP contribution in [0.2, 0.25) is 0 Å². The fourth-order valence-corrected chi connectivity index (χ4v) is 3.57. The standard InChI is InChI=1S/C12H22N4OS/c1-8-5-16(6-9(2)18-8)7-10-14-11(15-17-10)12(3,4)13/h8-9H,5-7,13H2,1-4H3. The lowest BCUT2D eigenvalue weighted by Crippen LogP contribution is -2.39. The highest BCUT2D eigenvalue weighted by Crippen LogP contribution is 2.25. The van der Waals surface area contributed by atoms with E-state index < -0.39 is 5.54 Å². The molecule has 0 amide bonds. The minimum Gasteiger partial charge on any atom is -0.338 e. The van der Waals surface area contributed by atoms with Crippen molar-refractivity contribution in [2.24, 2.45) is 5.73 Å². The van der Waals surface area contributed by atoms with Crippen molar-refractivity contribution in [1.82, 2.24) is 15.0 Å². The zero-order chi connectivity index (χ0) is 13.3. The Morgan fingerprint density at radius 3 is 2.50 bits per heavy atom. The molecule has 0 bridgehead atoms. The maximum absolute atomic E-state index is 5.95. The van der Waals surface area contributed by atoms with Crippen molar-refractivity contribution in [3.8, 4) is 0 Å². The van der Waals surface area contributed by atoms with Crippen molar-refractivity contribution in [3.63, 3.8) is 0 Å². The smallest absolute Gasteiger partial charge is 0.240 e. The van der Waals surface area contributed by atoms with Gasteiger partial charge >= 0.3 is 0 Å². The van der Waals surface area contributed by atoms with E-state index in [9.17, 15) is 0 Å². The zero-order valence-electron chi connectivity index (χ0n) is 11.5. The molecule has 1 aliphatic rings. The van der Waals surface area contributed by atoms with Crippen molar-refractivity contribution in [1.29, 1.82) is 0 Å². The molecule has 1 saturated heterocycles. The van der Waals surface area contributed by atoms with Gasteiger partial charge in [0.15, 0.2) is 5.82 Å². The topological polar surface area (TPSA) is 68.2 Å². The van der Waals surface area contributed by atoms with E-state index in [0.717, 1.165) is 19.6 Å². The summed E-state index contributed by atoms with van der Waals surface area (Å²) in [6, 6.07) is 0. The SMILES string of the molecule is CC1CN(Cc2nc(C(C)(C)N)no2)CC(C)S1. The van der Waals surface area contributed by atoms with E-state index in [-0.39, 0.29) is 0 Å². The minimum atomic E-state index is -0.542. The summed E-state index contributed by atoms with van der Waals surface area (Å²) in [5.41, 5.74) is 5.40. The number of nitrogens with zero attached hydrogens (tertiary/aromatic N) is 3. The molecule has 18 heavy (non-hydrogen) atoms. The lowest BCUT2D eigenvalue weighted by molar-refractivity contribution is 0.224. The normalized spacial score (nSPS) is 26.5. The van der Waals surface area contributed by atoms with Gasteiger partial charge in [-0.3, -0.25) is 4.90 Å². The van der Waals surface area contributed by atoms with Gasteiger partial charge in [-0.1, -0.05) is 19.0 Å². The monoisotopic (exact) mass is 270 g/mol. The van der Waals surface area contributed by atoms with Crippen molar-refractivity contribution in [2.45, 2.75) is 50.3 Å². The third-order valence-corrected chi connectivity index (χ3v) is 4.13. The Bertz CT molecular complexity index is 391. The van der Waals surface area contributed by atoms with Crippen LogP contribution in [0.5, 0.6) is 0 Å². The van der Waals surface area contributed by atoms with Gasteiger partial charge in [-0.25, -0.2) is 0 Å². The Hall–Kier alpha value is -0.590. The molecule has 0 spiro atoms. The fourth-order valence-electron chi connectivity index (χ4n) is 2.19. The summed E-state index contributed by atoms with van der Waals surface area (Å²) >= 11 is 2.04. The number of thioether (sulfide) groups is 1. The highest BCUT2D eigenvalue weighted by molar-refractivity contribution is 8.00. The maximum atomic E-state index is 5.95. The highest BCUT2D eigenvalue weighted by atomic mass is 32.2. The second-order valence-electron chi connectivity index (χ2n) is 5.68. The lowest BCUT2D eigenvalue weighted by Gasteiger charge is -2.33. The van der Waals surface area contributed by atoms with Crippen molar-refractivity contribution in [3.05, 3.63) is 11.7 Å². The third kappa shape index (κ3) is 3.46. The van der Waals surface area contributed by atoms with Gasteiger partial charge in [0, 0.05) is 23.6 Å². The molecule has 102 valence electrons. The average molecular weight is 270 g/mol. The number of rotatable bonds is 3. The van der Waals surface area contributed by atoms with Crippen LogP contribution in [0.1, 0.15) is 39.4 Å². The highest BCUT2D eigenvalue weighted by Gasteiger charge is 2.25. The molecule has 1 aromatic heterocycles. The summed E-state index contributed by atoms with van der Waals surface area (Å²) in [4.78, 5) is 6.74. The number of hydrogen-bond donors (Lipinski definition) is 1. The number of nitrogens with two attached hydrogens (primary N) is 1. The van der Waals surface area contributed by atoms with E-state index in [2.05, 4.69) is 28.9 Å². The Morgan fingerprint density at radius 1 is 1.39 bits per heavy atom. The summed E-state index contributed by atoms with van der Waals surface area (Å²) < 4.78 is 5.27. The average Bonchev–Trinajstić information content (AvgIpc) is 2.63. The summed E-state index contributed by atoms with van der Waals surface area (Å²) in [5, 5.41) is 5.26. The van der Waals surface area contributed by atoms with Crippen LogP contribution in [0.4, 0.5) is 0 Å². The summed E-state index contributed by atoms with van der Waals surface area (Å²) in [6.45, 7) is 11.1. The van der Waals surface area contributed by atoms with Gasteiger partial charge in [0.05, 0.1) is 12.1 Å². The first-order valence-electron chi connectivity index (χ1n) is 6.34. The molecule has 2 rings (SSSR count). The van der Waals surface area contributed by atoms with E-state index in [0.29, 0.717) is 22.2 Å². The molecule has 1 fully saturated rings. The van der Waals surface area contributed by atoms with Gasteiger partial charge in [0.1, 0.15) is 0 Å². The second kappa shape index (κ2) is 5.19. The van der Waals surface area contributed by atoms with Gasteiger partial charge in [-0.15, -0.1) is 0 Å². The van der Waals surface area contributed by atoms with E-state index in [4.69, 9.17) is 10.3 Å². The van der Waals surface area contributed by atoms with Gasteiger partial charge in [-0.05, 0) is 13.8 Å². The van der Waals surface area contributed by atoms with Crippen LogP contribution < -0.4 is 5.73 Å². The van der Waals surface area contributed by atoms with Crippen LogP contribution in [-0.2, 0) is 12.1 Å². The van der Waals surface area contributed by atoms with E-state index in [1.165, 1.54) is 0 Å². The van der Waals surface area contributed by atoms with Crippen LogP contribution in [-0.4, -0.2) is 38.6 Å². The zero-order valence-corrected chi connectivity index (χ0v) is 12.3. The molecular weight excluding hydrogens is 248 g/mol. The van der Waals surface area contributed by atoms with Crippen LogP contribution >= 0.6 is 11.8 Å². The predicted molar refractivity (Wildman–Crippen MR) is 73.3 cm³/mol. The lowest BCUT2D eigenvalue weighted by atomic mass is 10.1. The Balaban J connectivity index is 1.99. The fraction of sp³-hybridized carbons (Fsp3) is 0.833. The molecule has 1 aliphatic heterocycles. The van der Waals surface area contributed by atoms with Crippen LogP contribution in [0.3, 0.4) is 0 Å². The van der Waals surface area contributed by atoms with Gasteiger partial charge in [-0.2, -0.15) is 16.7 Å². The molecular formula is C12H22N4OS. The molecule has 2 N–H and O–H groups in total. The minimum absolute atomic E-state index is 0.542. The molecule has 0 radical (unpaired) electrons. The number of aromatic nitrogens is 2. The third-order valence-electron chi connectivity index (χ3n) is 2.90.